The highest BCUT2D eigenvalue weighted by molar-refractivity contribution is 5.88. The molecule has 3 rings (SSSR count). The number of carboxylic acid groups (broad SMARTS) is 1. The molecule has 0 spiro atoms. The fraction of sp³-hybridized carbons (Fsp3) is 0.467. The first-order valence-corrected chi connectivity index (χ1v) is 6.90. The number of carbonyl (C=O) groups is 1. The predicted molar refractivity (Wildman–Crippen MR) is 75.4 cm³/mol. The van der Waals surface area contributed by atoms with Gasteiger partial charge in [0, 0.05) is 18.4 Å². The highest BCUT2D eigenvalue weighted by Gasteiger charge is 2.42. The number of hydrogen-bond donors (Lipinski definition) is 3. The van der Waals surface area contributed by atoms with Gasteiger partial charge in [-0.05, 0) is 6.42 Å². The molecule has 0 saturated carbocycles. The Morgan fingerprint density at radius 3 is 2.85 bits per heavy atom. The second kappa shape index (κ2) is 5.25. The number of aliphatic hydroxyl groups is 1. The van der Waals surface area contributed by atoms with Gasteiger partial charge < -0.3 is 15.5 Å². The van der Waals surface area contributed by atoms with Gasteiger partial charge in [-0.3, -0.25) is 9.79 Å². The number of amidine groups is 1. The highest BCUT2D eigenvalue weighted by atomic mass is 16.4. The lowest BCUT2D eigenvalue weighted by Gasteiger charge is -2.40. The second-order valence-corrected chi connectivity index (χ2v) is 5.45. The van der Waals surface area contributed by atoms with Crippen molar-refractivity contribution in [2.75, 3.05) is 6.54 Å². The highest BCUT2D eigenvalue weighted by Crippen LogP contribution is 2.29. The van der Waals surface area contributed by atoms with E-state index in [0.717, 1.165) is 12.3 Å². The minimum atomic E-state index is -0.865. The summed E-state index contributed by atoms with van der Waals surface area (Å²) >= 11 is 0. The Bertz CT molecular complexity index is 521. The van der Waals surface area contributed by atoms with Gasteiger partial charge in [0.05, 0.1) is 18.1 Å². The molecular weight excluding hydrogens is 256 g/mol. The zero-order chi connectivity index (χ0) is 14.1. The fourth-order valence-electron chi connectivity index (χ4n) is 3.06. The first kappa shape index (κ1) is 13.1. The smallest absolute Gasteiger partial charge is 0.312 e. The van der Waals surface area contributed by atoms with Gasteiger partial charge >= 0.3 is 5.97 Å². The molecule has 5 unspecified atom stereocenters. The van der Waals surface area contributed by atoms with E-state index in [1.807, 2.05) is 12.2 Å². The average molecular weight is 274 g/mol. The minimum absolute atomic E-state index is 0.173. The molecule has 0 aromatic heterocycles. The second-order valence-electron chi connectivity index (χ2n) is 5.45. The topological polar surface area (TPSA) is 81.9 Å². The van der Waals surface area contributed by atoms with Crippen LogP contribution in [0.2, 0.25) is 0 Å². The molecule has 5 heteroatoms. The molecule has 5 nitrogen and oxygen atoms in total. The van der Waals surface area contributed by atoms with E-state index in [-0.39, 0.29) is 17.9 Å². The molecule has 0 amide bonds. The third-order valence-electron chi connectivity index (χ3n) is 4.21. The van der Waals surface area contributed by atoms with Crippen LogP contribution < -0.4 is 5.32 Å². The van der Waals surface area contributed by atoms with Crippen LogP contribution in [0.15, 0.2) is 41.4 Å². The third kappa shape index (κ3) is 2.29. The van der Waals surface area contributed by atoms with Crippen LogP contribution in [0.25, 0.3) is 0 Å². The molecule has 3 aliphatic rings. The first-order valence-electron chi connectivity index (χ1n) is 6.90. The molecule has 3 N–H and O–H groups in total. The van der Waals surface area contributed by atoms with Crippen LogP contribution in [0, 0.1) is 17.8 Å². The average Bonchev–Trinajstić information content (AvgIpc) is 2.48. The quantitative estimate of drug-likeness (QED) is 0.649. The normalized spacial score (nSPS) is 38.9. The van der Waals surface area contributed by atoms with Crippen LogP contribution in [0.3, 0.4) is 0 Å². The number of aliphatic hydroxyl groups excluding tert-OH is 1. The third-order valence-corrected chi connectivity index (χ3v) is 4.21. The molecule has 0 fully saturated rings. The summed E-state index contributed by atoms with van der Waals surface area (Å²) in [5.74, 6) is -0.639. The zero-order valence-electron chi connectivity index (χ0n) is 11.0. The van der Waals surface area contributed by atoms with Crippen LogP contribution in [-0.2, 0) is 4.79 Å². The SMILES string of the molecule is O=C(O)C1C=CC(O)C2CN=C(C3C=CC=CC3)NC12. The number of rotatable bonds is 2. The lowest BCUT2D eigenvalue weighted by Crippen LogP contribution is -2.57. The Morgan fingerprint density at radius 2 is 2.15 bits per heavy atom. The van der Waals surface area contributed by atoms with Crippen molar-refractivity contribution in [3.05, 3.63) is 36.5 Å². The number of aliphatic imine (C=N–C) groups is 1. The maximum Gasteiger partial charge on any atom is 0.312 e. The molecule has 0 aromatic rings. The van der Waals surface area contributed by atoms with Crippen molar-refractivity contribution < 1.29 is 15.0 Å². The summed E-state index contributed by atoms with van der Waals surface area (Å²) in [6.45, 7) is 0.469. The number of hydrogen-bond acceptors (Lipinski definition) is 4. The fourth-order valence-corrected chi connectivity index (χ4v) is 3.06. The molecule has 5 atom stereocenters. The van der Waals surface area contributed by atoms with Gasteiger partial charge in [0.1, 0.15) is 5.84 Å². The van der Waals surface area contributed by atoms with Crippen LogP contribution in [-0.4, -0.2) is 40.7 Å². The van der Waals surface area contributed by atoms with E-state index < -0.39 is 18.0 Å². The van der Waals surface area contributed by atoms with Crippen molar-refractivity contribution in [3.63, 3.8) is 0 Å². The maximum absolute atomic E-state index is 11.4. The Balaban J connectivity index is 1.82. The molecule has 0 saturated heterocycles. The molecule has 20 heavy (non-hydrogen) atoms. The lowest BCUT2D eigenvalue weighted by atomic mass is 9.78. The van der Waals surface area contributed by atoms with E-state index in [4.69, 9.17) is 0 Å². The Kier molecular flexibility index (Phi) is 3.44. The van der Waals surface area contributed by atoms with E-state index in [0.29, 0.717) is 6.54 Å². The van der Waals surface area contributed by atoms with Crippen molar-refractivity contribution in [1.29, 1.82) is 0 Å². The Hall–Kier alpha value is -1.88. The van der Waals surface area contributed by atoms with E-state index in [1.54, 1.807) is 12.2 Å². The number of nitrogens with zero attached hydrogens (tertiary/aromatic N) is 1. The van der Waals surface area contributed by atoms with Gasteiger partial charge in [-0.15, -0.1) is 0 Å². The summed E-state index contributed by atoms with van der Waals surface area (Å²) in [5.41, 5.74) is 0. The lowest BCUT2D eigenvalue weighted by molar-refractivity contribution is -0.141. The van der Waals surface area contributed by atoms with Gasteiger partial charge in [0.25, 0.3) is 0 Å². The van der Waals surface area contributed by atoms with Gasteiger partial charge in [0.15, 0.2) is 0 Å². The van der Waals surface area contributed by atoms with E-state index in [9.17, 15) is 15.0 Å². The molecular formula is C15H18N2O3. The monoisotopic (exact) mass is 274 g/mol. The Labute approximate surface area is 117 Å². The predicted octanol–water partition coefficient (Wildman–Crippen LogP) is 0.737. The van der Waals surface area contributed by atoms with Crippen molar-refractivity contribution in [2.24, 2.45) is 22.7 Å². The van der Waals surface area contributed by atoms with E-state index >= 15 is 0 Å². The van der Waals surface area contributed by atoms with Crippen molar-refractivity contribution in [3.8, 4) is 0 Å². The van der Waals surface area contributed by atoms with Gasteiger partial charge in [-0.25, -0.2) is 0 Å². The molecule has 0 radical (unpaired) electrons. The summed E-state index contributed by atoms with van der Waals surface area (Å²) in [4.78, 5) is 15.9. The van der Waals surface area contributed by atoms with Crippen LogP contribution >= 0.6 is 0 Å². The number of allylic oxidation sites excluding steroid dienone is 3. The molecule has 0 aromatic carbocycles. The maximum atomic E-state index is 11.4. The number of nitrogens with one attached hydrogen (secondary N) is 1. The summed E-state index contributed by atoms with van der Waals surface area (Å²) in [7, 11) is 0. The molecule has 0 bridgehead atoms. The van der Waals surface area contributed by atoms with E-state index in [1.165, 1.54) is 0 Å². The Morgan fingerprint density at radius 1 is 1.30 bits per heavy atom. The van der Waals surface area contributed by atoms with Crippen LogP contribution in [0.5, 0.6) is 0 Å². The molecule has 2 aliphatic carbocycles. The van der Waals surface area contributed by atoms with E-state index in [2.05, 4.69) is 22.5 Å². The summed E-state index contributed by atoms with van der Waals surface area (Å²) < 4.78 is 0. The first-order chi connectivity index (χ1) is 9.66. The van der Waals surface area contributed by atoms with Gasteiger partial charge in [-0.1, -0.05) is 36.5 Å². The zero-order valence-corrected chi connectivity index (χ0v) is 11.0. The van der Waals surface area contributed by atoms with Gasteiger partial charge in [0.2, 0.25) is 0 Å². The van der Waals surface area contributed by atoms with Crippen molar-refractivity contribution in [2.45, 2.75) is 18.6 Å². The van der Waals surface area contributed by atoms with Gasteiger partial charge in [-0.2, -0.15) is 0 Å². The number of aliphatic carboxylic acids is 1. The molecule has 106 valence electrons. The van der Waals surface area contributed by atoms with Crippen molar-refractivity contribution >= 4 is 11.8 Å². The van der Waals surface area contributed by atoms with Crippen LogP contribution in [0.4, 0.5) is 0 Å². The minimum Gasteiger partial charge on any atom is -0.481 e. The molecule has 1 heterocycles. The van der Waals surface area contributed by atoms with Crippen LogP contribution in [0.1, 0.15) is 6.42 Å². The van der Waals surface area contributed by atoms with Crippen molar-refractivity contribution in [1.82, 2.24) is 5.32 Å². The summed E-state index contributed by atoms with van der Waals surface area (Å²) in [6.07, 6.45) is 11.5. The largest absolute Gasteiger partial charge is 0.481 e. The number of fused-ring (bicyclic) bond motifs is 1. The molecule has 1 aliphatic heterocycles. The number of carboxylic acids is 1. The summed E-state index contributed by atoms with van der Waals surface area (Å²) in [6, 6.07) is -0.292. The summed E-state index contributed by atoms with van der Waals surface area (Å²) in [5, 5.41) is 22.6. The standard InChI is InChI=1S/C15H18N2O3/c18-12-7-6-10(15(19)20)13-11(12)8-16-14(17-13)9-4-2-1-3-5-9/h1-4,6-7,9-13,18H,5,8H2,(H,16,17)(H,19,20).